The minimum Gasteiger partial charge on any atom is -0.309 e. The van der Waals surface area contributed by atoms with Crippen LogP contribution in [0.2, 0.25) is 0 Å². The summed E-state index contributed by atoms with van der Waals surface area (Å²) in [6.07, 6.45) is 1.78. The number of nitrogens with one attached hydrogen (secondary N) is 3. The second kappa shape index (κ2) is 7.25. The van der Waals surface area contributed by atoms with E-state index in [4.69, 9.17) is 0 Å². The number of benzene rings is 1. The summed E-state index contributed by atoms with van der Waals surface area (Å²) in [5.74, 6) is 0. The van der Waals surface area contributed by atoms with Crippen molar-refractivity contribution in [3.63, 3.8) is 0 Å². The Kier molecular flexibility index (Phi) is 5.56. The van der Waals surface area contributed by atoms with Crippen LogP contribution in [-0.2, 0) is 10.0 Å². The van der Waals surface area contributed by atoms with Gasteiger partial charge in [-0.3, -0.25) is 5.10 Å². The monoisotopic (exact) mass is 336 g/mol. The Hall–Kier alpha value is -1.70. The number of aromatic amines is 1. The van der Waals surface area contributed by atoms with Crippen LogP contribution in [0.25, 0.3) is 0 Å². The third-order valence-electron chi connectivity index (χ3n) is 3.84. The molecular formula is C16H24N4O2S. The van der Waals surface area contributed by atoms with E-state index in [1.54, 1.807) is 19.2 Å². The van der Waals surface area contributed by atoms with Gasteiger partial charge in [-0.1, -0.05) is 12.1 Å². The van der Waals surface area contributed by atoms with Crippen molar-refractivity contribution < 1.29 is 8.42 Å². The minimum absolute atomic E-state index is 0.110. The van der Waals surface area contributed by atoms with Crippen LogP contribution < -0.4 is 10.0 Å². The number of aryl methyl sites for hydroxylation is 3. The molecule has 7 heteroatoms. The van der Waals surface area contributed by atoms with Crippen LogP contribution >= 0.6 is 0 Å². The fraction of sp³-hybridized carbons (Fsp3) is 0.438. The molecule has 3 N–H and O–H groups in total. The van der Waals surface area contributed by atoms with Gasteiger partial charge in [0.2, 0.25) is 10.0 Å². The molecule has 0 spiro atoms. The van der Waals surface area contributed by atoms with Gasteiger partial charge < -0.3 is 5.32 Å². The first kappa shape index (κ1) is 17.7. The summed E-state index contributed by atoms with van der Waals surface area (Å²) in [5, 5.41) is 10.2. The van der Waals surface area contributed by atoms with Crippen LogP contribution in [0.5, 0.6) is 0 Å². The molecule has 126 valence electrons. The average molecular weight is 336 g/mol. The van der Waals surface area contributed by atoms with Crippen molar-refractivity contribution in [1.82, 2.24) is 20.2 Å². The highest BCUT2D eigenvalue weighted by atomic mass is 32.2. The zero-order chi connectivity index (χ0) is 17.0. The molecule has 2 rings (SSSR count). The molecule has 0 unspecified atom stereocenters. The lowest BCUT2D eigenvalue weighted by atomic mass is 10.1. The lowest BCUT2D eigenvalue weighted by Gasteiger charge is -2.14. The lowest BCUT2D eigenvalue weighted by molar-refractivity contribution is 0.552. The van der Waals surface area contributed by atoms with Crippen LogP contribution in [0, 0.1) is 20.8 Å². The molecule has 1 atom stereocenters. The number of sulfonamides is 1. The molecule has 1 aromatic carbocycles. The van der Waals surface area contributed by atoms with Gasteiger partial charge in [-0.25, -0.2) is 13.1 Å². The van der Waals surface area contributed by atoms with E-state index < -0.39 is 10.0 Å². The van der Waals surface area contributed by atoms with Crippen molar-refractivity contribution in [2.45, 2.75) is 38.6 Å². The zero-order valence-electron chi connectivity index (χ0n) is 14.0. The quantitative estimate of drug-likeness (QED) is 0.675. The van der Waals surface area contributed by atoms with Crippen molar-refractivity contribution in [2.24, 2.45) is 0 Å². The summed E-state index contributed by atoms with van der Waals surface area (Å²) in [4.78, 5) is 0.344. The van der Waals surface area contributed by atoms with Gasteiger partial charge in [-0.15, -0.1) is 0 Å². The van der Waals surface area contributed by atoms with Gasteiger partial charge >= 0.3 is 0 Å². The highest BCUT2D eigenvalue weighted by Crippen LogP contribution is 2.16. The molecule has 1 aromatic heterocycles. The fourth-order valence-electron chi connectivity index (χ4n) is 2.46. The predicted octanol–water partition coefficient (Wildman–Crippen LogP) is 1.96. The normalized spacial score (nSPS) is 13.2. The molecule has 2 aromatic rings. The van der Waals surface area contributed by atoms with Crippen molar-refractivity contribution in [3.05, 3.63) is 46.8 Å². The van der Waals surface area contributed by atoms with Crippen LogP contribution in [-0.4, -0.2) is 31.7 Å². The van der Waals surface area contributed by atoms with Gasteiger partial charge in [0.05, 0.1) is 11.1 Å². The first-order valence-electron chi connectivity index (χ1n) is 7.61. The maximum absolute atomic E-state index is 12.4. The Bertz CT molecular complexity index is 768. The molecule has 23 heavy (non-hydrogen) atoms. The third-order valence-corrected chi connectivity index (χ3v) is 5.44. The first-order chi connectivity index (χ1) is 10.8. The summed E-state index contributed by atoms with van der Waals surface area (Å²) in [5.41, 5.74) is 3.78. The largest absolute Gasteiger partial charge is 0.309 e. The Balaban J connectivity index is 1.90. The van der Waals surface area contributed by atoms with Crippen molar-refractivity contribution in [2.75, 3.05) is 13.1 Å². The number of hydrogen-bond donors (Lipinski definition) is 3. The molecule has 1 heterocycles. The summed E-state index contributed by atoms with van der Waals surface area (Å²) in [6, 6.07) is 5.54. The molecule has 0 aliphatic heterocycles. The molecule has 0 aliphatic rings. The number of hydrogen-bond acceptors (Lipinski definition) is 4. The second-order valence-corrected chi connectivity index (χ2v) is 7.53. The van der Waals surface area contributed by atoms with E-state index in [9.17, 15) is 8.42 Å². The van der Waals surface area contributed by atoms with E-state index in [0.717, 1.165) is 22.4 Å². The van der Waals surface area contributed by atoms with Crippen LogP contribution in [0.3, 0.4) is 0 Å². The number of rotatable bonds is 7. The van der Waals surface area contributed by atoms with Crippen LogP contribution in [0.15, 0.2) is 29.3 Å². The standard InChI is InChI=1S/C16H24N4O2S/c1-11-5-6-12(2)16(9-11)23(21,22)19-8-7-17-13(3)15-10-18-20-14(15)4/h5-6,9-10,13,17,19H,7-8H2,1-4H3,(H,18,20)/t13-/m1/s1. The summed E-state index contributed by atoms with van der Waals surface area (Å²) < 4.78 is 27.4. The predicted molar refractivity (Wildman–Crippen MR) is 90.8 cm³/mol. The molecule has 0 fully saturated rings. The van der Waals surface area contributed by atoms with Gasteiger partial charge in [-0.2, -0.15) is 5.10 Å². The van der Waals surface area contributed by atoms with E-state index in [1.807, 2.05) is 32.9 Å². The highest BCUT2D eigenvalue weighted by molar-refractivity contribution is 7.89. The molecule has 0 saturated heterocycles. The van der Waals surface area contributed by atoms with Crippen molar-refractivity contribution >= 4 is 10.0 Å². The molecule has 0 bridgehead atoms. The van der Waals surface area contributed by atoms with E-state index in [1.165, 1.54) is 0 Å². The lowest BCUT2D eigenvalue weighted by Crippen LogP contribution is -2.33. The first-order valence-corrected chi connectivity index (χ1v) is 9.10. The average Bonchev–Trinajstić information content (AvgIpc) is 2.92. The maximum atomic E-state index is 12.4. The van der Waals surface area contributed by atoms with Gasteiger partial charge in [0.1, 0.15) is 0 Å². The van der Waals surface area contributed by atoms with Gasteiger partial charge in [0.15, 0.2) is 0 Å². The van der Waals surface area contributed by atoms with Crippen molar-refractivity contribution in [1.29, 1.82) is 0 Å². The van der Waals surface area contributed by atoms with E-state index in [-0.39, 0.29) is 6.04 Å². The van der Waals surface area contributed by atoms with E-state index >= 15 is 0 Å². The topological polar surface area (TPSA) is 86.9 Å². The van der Waals surface area contributed by atoms with Crippen LogP contribution in [0.1, 0.15) is 35.3 Å². The molecular weight excluding hydrogens is 312 g/mol. The van der Waals surface area contributed by atoms with E-state index in [0.29, 0.717) is 18.0 Å². The smallest absolute Gasteiger partial charge is 0.240 e. The van der Waals surface area contributed by atoms with Gasteiger partial charge in [-0.05, 0) is 44.9 Å². The van der Waals surface area contributed by atoms with E-state index in [2.05, 4.69) is 20.2 Å². The Labute approximate surface area is 137 Å². The summed E-state index contributed by atoms with van der Waals surface area (Å²) in [6.45, 7) is 8.54. The minimum atomic E-state index is -3.48. The number of aromatic nitrogens is 2. The Morgan fingerprint density at radius 3 is 2.61 bits per heavy atom. The van der Waals surface area contributed by atoms with Crippen molar-refractivity contribution in [3.8, 4) is 0 Å². The molecule has 0 saturated carbocycles. The zero-order valence-corrected chi connectivity index (χ0v) is 14.8. The van der Waals surface area contributed by atoms with Gasteiger partial charge in [0.25, 0.3) is 0 Å². The Morgan fingerprint density at radius 2 is 1.96 bits per heavy atom. The maximum Gasteiger partial charge on any atom is 0.240 e. The Morgan fingerprint density at radius 1 is 1.22 bits per heavy atom. The third kappa shape index (κ3) is 4.40. The molecule has 0 radical (unpaired) electrons. The number of nitrogens with zero attached hydrogens (tertiary/aromatic N) is 1. The number of H-pyrrole nitrogens is 1. The summed E-state index contributed by atoms with van der Waals surface area (Å²) in [7, 11) is -3.48. The van der Waals surface area contributed by atoms with Gasteiger partial charge in [0, 0.05) is 30.4 Å². The molecule has 0 amide bonds. The SMILES string of the molecule is Cc1ccc(C)c(S(=O)(=O)NCCN[C@H](C)c2cn[nH]c2C)c1. The molecule has 0 aliphatic carbocycles. The summed E-state index contributed by atoms with van der Waals surface area (Å²) >= 11 is 0. The molecule has 6 nitrogen and oxygen atoms in total. The van der Waals surface area contributed by atoms with Crippen LogP contribution in [0.4, 0.5) is 0 Å². The fourth-order valence-corrected chi connectivity index (χ4v) is 3.81. The highest BCUT2D eigenvalue weighted by Gasteiger charge is 2.16. The second-order valence-electron chi connectivity index (χ2n) is 5.79.